The lowest BCUT2D eigenvalue weighted by Crippen LogP contribution is -2.17. The van der Waals surface area contributed by atoms with E-state index in [4.69, 9.17) is 17.3 Å². The number of allylic oxidation sites excluding steroid dienone is 3. The summed E-state index contributed by atoms with van der Waals surface area (Å²) in [6, 6.07) is 6.85. The third-order valence-corrected chi connectivity index (χ3v) is 5.30. The molecule has 1 amide bonds. The number of amides is 1. The maximum absolute atomic E-state index is 11.3. The topological polar surface area (TPSA) is 130 Å². The smallest absolute Gasteiger partial charge is 0.221 e. The highest BCUT2D eigenvalue weighted by Crippen LogP contribution is 2.37. The molecule has 5 N–H and O–H groups in total. The van der Waals surface area contributed by atoms with Gasteiger partial charge in [-0.15, -0.1) is 21.5 Å². The van der Waals surface area contributed by atoms with E-state index in [1.54, 1.807) is 36.4 Å². The number of nitrogens with one attached hydrogen (secondary N) is 2. The SMILES string of the molecule is C=C(/C=C(\C=C/N)c1nc(C(O)c2ccc(Cl)cc2)c(-c2nnc[nH]2)s1)NC(C)=O. The first kappa shape index (κ1) is 21.4. The van der Waals surface area contributed by atoms with Crippen molar-refractivity contribution >= 4 is 34.4 Å². The monoisotopic (exact) mass is 442 g/mol. The maximum Gasteiger partial charge on any atom is 0.221 e. The molecule has 1 aromatic carbocycles. The molecular weight excluding hydrogens is 424 g/mol. The van der Waals surface area contributed by atoms with Crippen molar-refractivity contribution in [3.8, 4) is 10.7 Å². The van der Waals surface area contributed by atoms with Gasteiger partial charge < -0.3 is 21.1 Å². The highest BCUT2D eigenvalue weighted by Gasteiger charge is 2.24. The van der Waals surface area contributed by atoms with Crippen LogP contribution in [0.5, 0.6) is 0 Å². The van der Waals surface area contributed by atoms with Gasteiger partial charge in [-0.05, 0) is 36.0 Å². The number of H-pyrrole nitrogens is 1. The lowest BCUT2D eigenvalue weighted by molar-refractivity contribution is -0.118. The van der Waals surface area contributed by atoms with E-state index >= 15 is 0 Å². The second kappa shape index (κ2) is 9.49. The van der Waals surface area contributed by atoms with Crippen molar-refractivity contribution in [1.29, 1.82) is 0 Å². The fourth-order valence-corrected chi connectivity index (χ4v) is 3.83. The Kier molecular flexibility index (Phi) is 6.78. The summed E-state index contributed by atoms with van der Waals surface area (Å²) in [5, 5.41) is 22.6. The largest absolute Gasteiger partial charge is 0.405 e. The fraction of sp³-hybridized carbons (Fsp3) is 0.100. The number of hydrogen-bond donors (Lipinski definition) is 4. The Balaban J connectivity index is 2.09. The van der Waals surface area contributed by atoms with Gasteiger partial charge >= 0.3 is 0 Å². The summed E-state index contributed by atoms with van der Waals surface area (Å²) in [4.78, 5) is 19.5. The van der Waals surface area contributed by atoms with Crippen LogP contribution in [-0.4, -0.2) is 31.2 Å². The quantitative estimate of drug-likeness (QED) is 0.416. The number of nitrogens with two attached hydrogens (primary N) is 1. The molecule has 0 bridgehead atoms. The molecule has 0 fully saturated rings. The van der Waals surface area contributed by atoms with Crippen LogP contribution in [-0.2, 0) is 4.79 Å². The Morgan fingerprint density at radius 2 is 2.13 bits per heavy atom. The molecule has 2 aromatic heterocycles. The lowest BCUT2D eigenvalue weighted by Gasteiger charge is -2.10. The van der Waals surface area contributed by atoms with Crippen LogP contribution in [0.4, 0.5) is 0 Å². The van der Waals surface area contributed by atoms with Gasteiger partial charge in [0.1, 0.15) is 17.4 Å². The molecule has 0 saturated heterocycles. The summed E-state index contributed by atoms with van der Waals surface area (Å²) in [7, 11) is 0. The van der Waals surface area contributed by atoms with Gasteiger partial charge in [0.25, 0.3) is 0 Å². The first-order valence-electron chi connectivity index (χ1n) is 8.76. The number of carbonyl (C=O) groups excluding carboxylic acids is 1. The highest BCUT2D eigenvalue weighted by atomic mass is 35.5. The van der Waals surface area contributed by atoms with E-state index < -0.39 is 6.10 Å². The van der Waals surface area contributed by atoms with E-state index in [0.717, 1.165) is 0 Å². The van der Waals surface area contributed by atoms with Crippen LogP contribution in [0.15, 0.2) is 61.2 Å². The second-order valence-corrected chi connectivity index (χ2v) is 7.63. The number of nitrogens with zero attached hydrogens (tertiary/aromatic N) is 3. The number of aliphatic hydroxyl groups is 1. The number of benzene rings is 1. The van der Waals surface area contributed by atoms with E-state index in [1.165, 1.54) is 30.8 Å². The summed E-state index contributed by atoms with van der Waals surface area (Å²) < 4.78 is 0. The van der Waals surface area contributed by atoms with E-state index in [1.807, 2.05) is 0 Å². The van der Waals surface area contributed by atoms with Crippen molar-refractivity contribution in [1.82, 2.24) is 25.5 Å². The van der Waals surface area contributed by atoms with Crippen molar-refractivity contribution in [2.75, 3.05) is 0 Å². The van der Waals surface area contributed by atoms with Crippen LogP contribution in [0, 0.1) is 0 Å². The Morgan fingerprint density at radius 1 is 1.40 bits per heavy atom. The molecule has 2 heterocycles. The first-order valence-corrected chi connectivity index (χ1v) is 9.96. The molecule has 3 rings (SSSR count). The molecule has 0 aliphatic rings. The Hall–Kier alpha value is -3.27. The number of halogens is 1. The number of thiazole rings is 1. The van der Waals surface area contributed by atoms with E-state index in [2.05, 4.69) is 32.1 Å². The standard InChI is InChI=1S/C20H19ClN6O2S/c1-11(25-12(2)28)9-14(7-8-22)20-26-16(18(30-20)19-23-10-24-27-19)17(29)13-3-5-15(21)6-4-13/h3-10,17,29H,1,22H2,2H3,(H,25,28)(H,23,24,27)/b8-7-,14-9+. The molecule has 0 saturated carbocycles. The molecule has 0 aliphatic heterocycles. The van der Waals surface area contributed by atoms with Gasteiger partial charge in [-0.3, -0.25) is 4.79 Å². The van der Waals surface area contributed by atoms with Gasteiger partial charge in [0.15, 0.2) is 5.82 Å². The summed E-state index contributed by atoms with van der Waals surface area (Å²) >= 11 is 7.25. The summed E-state index contributed by atoms with van der Waals surface area (Å²) in [5.74, 6) is 0.228. The first-order chi connectivity index (χ1) is 14.4. The number of carbonyl (C=O) groups is 1. The zero-order chi connectivity index (χ0) is 21.7. The lowest BCUT2D eigenvalue weighted by atomic mass is 10.1. The Labute approximate surface area is 181 Å². The third-order valence-electron chi connectivity index (χ3n) is 3.92. The molecule has 0 spiro atoms. The molecule has 0 aliphatic carbocycles. The Morgan fingerprint density at radius 3 is 2.73 bits per heavy atom. The fourth-order valence-electron chi connectivity index (χ4n) is 2.66. The van der Waals surface area contributed by atoms with Crippen LogP contribution in [0.25, 0.3) is 16.3 Å². The number of hydrogen-bond acceptors (Lipinski definition) is 7. The van der Waals surface area contributed by atoms with Crippen molar-refractivity contribution < 1.29 is 9.90 Å². The predicted octanol–water partition coefficient (Wildman–Crippen LogP) is 3.17. The van der Waals surface area contributed by atoms with Crippen LogP contribution >= 0.6 is 22.9 Å². The molecule has 0 radical (unpaired) electrons. The van der Waals surface area contributed by atoms with Gasteiger partial charge in [0, 0.05) is 23.2 Å². The minimum atomic E-state index is -1.02. The molecule has 10 heteroatoms. The van der Waals surface area contributed by atoms with Gasteiger partial charge in [-0.1, -0.05) is 30.3 Å². The number of aliphatic hydroxyl groups excluding tert-OH is 1. The number of aromatic amines is 1. The van der Waals surface area contributed by atoms with Gasteiger partial charge in [-0.25, -0.2) is 4.98 Å². The maximum atomic E-state index is 11.3. The van der Waals surface area contributed by atoms with Crippen LogP contribution in [0.1, 0.15) is 29.3 Å². The van der Waals surface area contributed by atoms with Crippen LogP contribution in [0.3, 0.4) is 0 Å². The third kappa shape index (κ3) is 5.01. The molecule has 8 nitrogen and oxygen atoms in total. The molecule has 1 atom stereocenters. The average Bonchev–Trinajstić information content (AvgIpc) is 3.37. The number of rotatable bonds is 7. The van der Waals surface area contributed by atoms with Gasteiger partial charge in [0.2, 0.25) is 5.91 Å². The zero-order valence-electron chi connectivity index (χ0n) is 16.0. The summed E-state index contributed by atoms with van der Waals surface area (Å²) in [6.07, 6.45) is 5.06. The molecule has 154 valence electrons. The van der Waals surface area contributed by atoms with Gasteiger partial charge in [0.05, 0.1) is 10.6 Å². The van der Waals surface area contributed by atoms with Crippen LogP contribution in [0.2, 0.25) is 5.02 Å². The summed E-state index contributed by atoms with van der Waals surface area (Å²) in [5.41, 5.74) is 7.61. The van der Waals surface area contributed by atoms with E-state index in [9.17, 15) is 9.90 Å². The van der Waals surface area contributed by atoms with E-state index in [0.29, 0.717) is 43.3 Å². The van der Waals surface area contributed by atoms with E-state index in [-0.39, 0.29) is 5.91 Å². The van der Waals surface area contributed by atoms with Crippen molar-refractivity contribution in [2.45, 2.75) is 13.0 Å². The normalized spacial score (nSPS) is 12.8. The van der Waals surface area contributed by atoms with Crippen molar-refractivity contribution in [3.05, 3.63) is 82.5 Å². The Bertz CT molecular complexity index is 1100. The molecule has 1 unspecified atom stereocenters. The van der Waals surface area contributed by atoms with Crippen molar-refractivity contribution in [2.24, 2.45) is 5.73 Å². The summed E-state index contributed by atoms with van der Waals surface area (Å²) in [6.45, 7) is 5.21. The zero-order valence-corrected chi connectivity index (χ0v) is 17.5. The molecular formula is C20H19ClN6O2S. The van der Waals surface area contributed by atoms with Crippen molar-refractivity contribution in [3.63, 3.8) is 0 Å². The highest BCUT2D eigenvalue weighted by molar-refractivity contribution is 7.16. The molecule has 30 heavy (non-hydrogen) atoms. The van der Waals surface area contributed by atoms with Crippen LogP contribution < -0.4 is 11.1 Å². The molecule has 3 aromatic rings. The number of aromatic nitrogens is 4. The predicted molar refractivity (Wildman–Crippen MR) is 117 cm³/mol. The minimum Gasteiger partial charge on any atom is -0.405 e. The van der Waals surface area contributed by atoms with Gasteiger partial charge in [-0.2, -0.15) is 0 Å². The minimum absolute atomic E-state index is 0.243. The average molecular weight is 443 g/mol. The second-order valence-electron chi connectivity index (χ2n) is 6.19.